The monoisotopic (exact) mass is 212 g/mol. The Morgan fingerprint density at radius 2 is 1.71 bits per heavy atom. The van der Waals surface area contributed by atoms with Crippen molar-refractivity contribution in [3.05, 3.63) is 29.8 Å². The summed E-state index contributed by atoms with van der Waals surface area (Å²) in [5, 5.41) is 17.7. The van der Waals surface area contributed by atoms with Gasteiger partial charge in [-0.1, -0.05) is 24.3 Å². The quantitative estimate of drug-likeness (QED) is 0.566. The first-order valence-electron chi connectivity index (χ1n) is 4.37. The van der Waals surface area contributed by atoms with Gasteiger partial charge in [-0.3, -0.25) is 0 Å². The molecule has 0 heterocycles. The van der Waals surface area contributed by atoms with Gasteiger partial charge in [0.15, 0.2) is 0 Å². The molecule has 76 valence electrons. The molecule has 0 radical (unpaired) electrons. The molecule has 0 bridgehead atoms. The average Bonchev–Trinajstić information content (AvgIpc) is 2.02. The van der Waals surface area contributed by atoms with Gasteiger partial charge in [-0.2, -0.15) is 0 Å². The molecule has 0 spiro atoms. The molecular weight excluding hydrogens is 198 g/mol. The van der Waals surface area contributed by atoms with E-state index in [4.69, 9.17) is 10.0 Å². The third-order valence-corrected chi connectivity index (χ3v) is 2.97. The molecule has 1 aromatic carbocycles. The van der Waals surface area contributed by atoms with Crippen LogP contribution in [0.2, 0.25) is 0 Å². The van der Waals surface area contributed by atoms with Gasteiger partial charge in [-0.15, -0.1) is 0 Å². The zero-order chi connectivity index (χ0) is 10.8. The van der Waals surface area contributed by atoms with E-state index in [1.807, 2.05) is 0 Å². The molecule has 1 rings (SSSR count). The third kappa shape index (κ3) is 3.66. The second kappa shape index (κ2) is 4.30. The lowest BCUT2D eigenvalue weighted by atomic mass is 9.80. The minimum Gasteiger partial charge on any atom is -0.423 e. The van der Waals surface area contributed by atoms with E-state index in [-0.39, 0.29) is 0 Å². The van der Waals surface area contributed by atoms with Crippen LogP contribution in [0.3, 0.4) is 0 Å². The van der Waals surface area contributed by atoms with E-state index >= 15 is 0 Å². The Hall–Kier alpha value is -0.565. The van der Waals surface area contributed by atoms with E-state index in [1.165, 1.54) is 0 Å². The van der Waals surface area contributed by atoms with Crippen molar-refractivity contribution in [1.29, 1.82) is 0 Å². The van der Waals surface area contributed by atoms with Gasteiger partial charge in [0.2, 0.25) is 0 Å². The normalized spacial score (nSPS) is 11.4. The van der Waals surface area contributed by atoms with Gasteiger partial charge >= 0.3 is 7.12 Å². The number of hydrogen-bond acceptors (Lipinski definition) is 3. The van der Waals surface area contributed by atoms with Crippen LogP contribution >= 0.6 is 7.14 Å². The molecule has 5 heteroatoms. The Morgan fingerprint density at radius 3 is 2.07 bits per heavy atom. The molecular formula is C9H14BO3P. The van der Waals surface area contributed by atoms with Gasteiger partial charge in [-0.05, 0) is 24.4 Å². The largest absolute Gasteiger partial charge is 0.488 e. The van der Waals surface area contributed by atoms with Crippen LogP contribution in [0.15, 0.2) is 24.3 Å². The summed E-state index contributed by atoms with van der Waals surface area (Å²) in [6.45, 7) is 3.48. The van der Waals surface area contributed by atoms with E-state index in [1.54, 1.807) is 37.6 Å². The zero-order valence-corrected chi connectivity index (χ0v) is 9.24. The first-order valence-corrected chi connectivity index (χ1v) is 7.16. The Bertz CT molecular complexity index is 342. The molecule has 0 saturated carbocycles. The minimum absolute atomic E-state index is 0.454. The van der Waals surface area contributed by atoms with Gasteiger partial charge in [0, 0.05) is 6.16 Å². The van der Waals surface area contributed by atoms with Crippen molar-refractivity contribution in [3.63, 3.8) is 0 Å². The fourth-order valence-electron chi connectivity index (χ4n) is 1.23. The molecule has 0 unspecified atom stereocenters. The van der Waals surface area contributed by atoms with Gasteiger partial charge in [0.1, 0.15) is 0 Å². The Balaban J connectivity index is 2.79. The molecule has 0 saturated heterocycles. The molecule has 0 aromatic heterocycles. The lowest BCUT2D eigenvalue weighted by Crippen LogP contribution is -2.29. The summed E-state index contributed by atoms with van der Waals surface area (Å²) in [5.74, 6) is 0. The van der Waals surface area contributed by atoms with Crippen molar-refractivity contribution in [2.24, 2.45) is 0 Å². The first kappa shape index (κ1) is 11.5. The van der Waals surface area contributed by atoms with Crippen molar-refractivity contribution >= 4 is 19.7 Å². The maximum absolute atomic E-state index is 11.5. The van der Waals surface area contributed by atoms with Crippen molar-refractivity contribution in [2.45, 2.75) is 6.16 Å². The molecule has 0 atom stereocenters. The molecule has 0 aliphatic carbocycles. The predicted molar refractivity (Wildman–Crippen MR) is 59.4 cm³/mol. The molecule has 2 N–H and O–H groups in total. The minimum atomic E-state index is -2.05. The predicted octanol–water partition coefficient (Wildman–Crippen LogP) is 0.489. The Morgan fingerprint density at radius 1 is 1.21 bits per heavy atom. The molecule has 0 aliphatic heterocycles. The summed E-state index contributed by atoms with van der Waals surface area (Å²) in [7, 11) is -3.48. The summed E-state index contributed by atoms with van der Waals surface area (Å²) >= 11 is 0. The maximum atomic E-state index is 11.5. The van der Waals surface area contributed by atoms with Gasteiger partial charge < -0.3 is 14.6 Å². The summed E-state index contributed by atoms with van der Waals surface area (Å²) < 4.78 is 11.5. The van der Waals surface area contributed by atoms with E-state index in [2.05, 4.69) is 0 Å². The van der Waals surface area contributed by atoms with Crippen molar-refractivity contribution < 1.29 is 14.6 Å². The third-order valence-electron chi connectivity index (χ3n) is 1.84. The second-order valence-electron chi connectivity index (χ2n) is 3.85. The van der Waals surface area contributed by atoms with Gasteiger partial charge in [0.25, 0.3) is 0 Å². The lowest BCUT2D eigenvalue weighted by Gasteiger charge is -2.07. The molecule has 1 aromatic rings. The molecule has 0 aliphatic rings. The molecule has 3 nitrogen and oxygen atoms in total. The van der Waals surface area contributed by atoms with Crippen LogP contribution in [0.1, 0.15) is 5.56 Å². The Labute approximate surface area is 84.3 Å². The zero-order valence-electron chi connectivity index (χ0n) is 8.34. The average molecular weight is 212 g/mol. The SMILES string of the molecule is CP(C)(=O)Cc1ccc(B(O)O)cc1. The van der Waals surface area contributed by atoms with Crippen LogP contribution in [0.4, 0.5) is 0 Å². The standard InChI is InChI=1S/C9H14BO3P/c1-14(2,13)7-8-3-5-9(6-4-8)10(11)12/h3-6,11-12H,7H2,1-2H3. The van der Waals surface area contributed by atoms with Crippen LogP contribution in [0, 0.1) is 0 Å². The lowest BCUT2D eigenvalue weighted by molar-refractivity contribution is 0.426. The van der Waals surface area contributed by atoms with Gasteiger partial charge in [-0.25, -0.2) is 0 Å². The van der Waals surface area contributed by atoms with E-state index in [9.17, 15) is 4.57 Å². The highest BCUT2D eigenvalue weighted by atomic mass is 31.2. The maximum Gasteiger partial charge on any atom is 0.488 e. The fraction of sp³-hybridized carbons (Fsp3) is 0.333. The highest BCUT2D eigenvalue weighted by molar-refractivity contribution is 7.61. The van der Waals surface area contributed by atoms with Crippen molar-refractivity contribution in [1.82, 2.24) is 0 Å². The van der Waals surface area contributed by atoms with Crippen molar-refractivity contribution in [3.8, 4) is 0 Å². The van der Waals surface area contributed by atoms with Crippen LogP contribution < -0.4 is 5.46 Å². The van der Waals surface area contributed by atoms with E-state index in [0.717, 1.165) is 5.56 Å². The van der Waals surface area contributed by atoms with Crippen LogP contribution in [0.5, 0.6) is 0 Å². The summed E-state index contributed by atoms with van der Waals surface area (Å²) in [4.78, 5) is 0. The summed E-state index contributed by atoms with van der Waals surface area (Å²) in [6, 6.07) is 6.81. The highest BCUT2D eigenvalue weighted by Crippen LogP contribution is 2.39. The van der Waals surface area contributed by atoms with Crippen LogP contribution in [-0.2, 0) is 10.7 Å². The second-order valence-corrected chi connectivity index (χ2v) is 7.31. The molecule has 0 fully saturated rings. The summed E-state index contributed by atoms with van der Waals surface area (Å²) in [6.07, 6.45) is 0.550. The van der Waals surface area contributed by atoms with Crippen LogP contribution in [-0.4, -0.2) is 30.5 Å². The van der Waals surface area contributed by atoms with Gasteiger partial charge in [0.05, 0.1) is 7.14 Å². The van der Waals surface area contributed by atoms with Crippen LogP contribution in [0.25, 0.3) is 0 Å². The summed E-state index contributed by atoms with van der Waals surface area (Å²) in [5.41, 5.74) is 1.42. The Kier molecular flexibility index (Phi) is 3.54. The molecule has 14 heavy (non-hydrogen) atoms. The number of hydrogen-bond donors (Lipinski definition) is 2. The highest BCUT2D eigenvalue weighted by Gasteiger charge is 2.12. The number of rotatable bonds is 3. The van der Waals surface area contributed by atoms with Crippen molar-refractivity contribution in [2.75, 3.05) is 13.3 Å². The van der Waals surface area contributed by atoms with E-state index < -0.39 is 14.3 Å². The smallest absolute Gasteiger partial charge is 0.423 e. The molecule has 0 amide bonds. The first-order chi connectivity index (χ1) is 6.38. The number of benzene rings is 1. The van der Waals surface area contributed by atoms with E-state index in [0.29, 0.717) is 11.6 Å². The topological polar surface area (TPSA) is 57.5 Å². The fourth-order valence-corrected chi connectivity index (χ4v) is 2.33.